The van der Waals surface area contributed by atoms with Gasteiger partial charge in [-0.1, -0.05) is 0 Å². The fourth-order valence-electron chi connectivity index (χ4n) is 4.19. The topological polar surface area (TPSA) is 69.6 Å². The highest BCUT2D eigenvalue weighted by molar-refractivity contribution is 14.0. The Hall–Kier alpha value is -0.810. The lowest BCUT2D eigenvalue weighted by Gasteiger charge is -2.39. The predicted molar refractivity (Wildman–Crippen MR) is 125 cm³/mol. The number of halogens is 1. The first-order valence-electron chi connectivity index (χ1n) is 10.6. The average molecular weight is 523 g/mol. The van der Waals surface area contributed by atoms with Gasteiger partial charge in [0.25, 0.3) is 0 Å². The van der Waals surface area contributed by atoms with Crippen molar-refractivity contribution in [3.8, 4) is 0 Å². The van der Waals surface area contributed by atoms with Gasteiger partial charge in [-0.2, -0.15) is 0 Å². The molecular weight excluding hydrogens is 485 g/mol. The van der Waals surface area contributed by atoms with E-state index in [0.29, 0.717) is 25.3 Å². The van der Waals surface area contributed by atoms with Gasteiger partial charge in [0.05, 0.1) is 24.8 Å². The first kappa shape index (κ1) is 24.5. The number of carbonyl (C=O) groups excluding carboxylic acids is 1. The summed E-state index contributed by atoms with van der Waals surface area (Å²) < 4.78 is 11.3. The molecule has 8 nitrogen and oxygen atoms in total. The Balaban J connectivity index is 0.00000300. The zero-order chi connectivity index (χ0) is 20.3. The van der Waals surface area contributed by atoms with Gasteiger partial charge >= 0.3 is 6.09 Å². The summed E-state index contributed by atoms with van der Waals surface area (Å²) in [6.45, 7) is 16.9. The third-order valence-electron chi connectivity index (χ3n) is 5.29. The van der Waals surface area contributed by atoms with Gasteiger partial charge < -0.3 is 24.6 Å². The number of aliphatic imine (C=N–C) groups is 1. The van der Waals surface area contributed by atoms with Crippen LogP contribution in [-0.2, 0) is 9.47 Å². The van der Waals surface area contributed by atoms with E-state index in [9.17, 15) is 4.79 Å². The standard InChI is InChI=1S/C20H37N5O3.HI/c1-15-12-23(13-16(2)27-15)8-6-7-21-18-22-11-17-14-24(9-10-25(17)18)19(26)28-20(3,4)5;/h15-17H,6-14H2,1-5H3,(H,21,22);1H. The number of fused-ring (bicyclic) bond motifs is 1. The van der Waals surface area contributed by atoms with Crippen LogP contribution >= 0.6 is 24.0 Å². The van der Waals surface area contributed by atoms with Crippen molar-refractivity contribution in [1.82, 2.24) is 20.0 Å². The summed E-state index contributed by atoms with van der Waals surface area (Å²) in [5.41, 5.74) is -0.455. The summed E-state index contributed by atoms with van der Waals surface area (Å²) in [6, 6.07) is 0.254. The second-order valence-corrected chi connectivity index (χ2v) is 9.24. The van der Waals surface area contributed by atoms with E-state index >= 15 is 0 Å². The molecule has 3 unspecified atom stereocenters. The summed E-state index contributed by atoms with van der Waals surface area (Å²) in [5, 5.41) is 3.51. The van der Waals surface area contributed by atoms with Crippen molar-refractivity contribution in [2.24, 2.45) is 4.99 Å². The lowest BCUT2D eigenvalue weighted by Crippen LogP contribution is -2.57. The van der Waals surface area contributed by atoms with E-state index in [0.717, 1.165) is 51.6 Å². The van der Waals surface area contributed by atoms with Crippen LogP contribution in [-0.4, -0.2) is 103 Å². The maximum atomic E-state index is 12.3. The molecule has 0 aromatic carbocycles. The fraction of sp³-hybridized carbons (Fsp3) is 0.900. The second kappa shape index (κ2) is 10.5. The molecule has 0 spiro atoms. The summed E-state index contributed by atoms with van der Waals surface area (Å²) in [6.07, 6.45) is 1.50. The molecule has 0 aliphatic carbocycles. The number of guanidine groups is 1. The van der Waals surface area contributed by atoms with E-state index in [1.165, 1.54) is 0 Å². The van der Waals surface area contributed by atoms with E-state index in [4.69, 9.17) is 9.47 Å². The molecule has 1 N–H and O–H groups in total. The van der Waals surface area contributed by atoms with Crippen molar-refractivity contribution in [3.05, 3.63) is 0 Å². The Kier molecular flexibility index (Phi) is 8.84. The number of piperazine rings is 1. The number of hydrogen-bond donors (Lipinski definition) is 1. The minimum atomic E-state index is -0.455. The molecule has 0 aromatic rings. The SMILES string of the molecule is CC1CN(CCCNC2=NCC3CN(C(=O)OC(C)(C)C)CCN23)CC(C)O1.I. The Labute approximate surface area is 192 Å². The molecule has 3 aliphatic heterocycles. The van der Waals surface area contributed by atoms with Crippen molar-refractivity contribution in [2.75, 3.05) is 52.4 Å². The minimum absolute atomic E-state index is 0. The van der Waals surface area contributed by atoms with E-state index in [1.54, 1.807) is 0 Å². The highest BCUT2D eigenvalue weighted by Crippen LogP contribution is 2.18. The van der Waals surface area contributed by atoms with Crippen molar-refractivity contribution < 1.29 is 14.3 Å². The van der Waals surface area contributed by atoms with Crippen LogP contribution < -0.4 is 5.32 Å². The highest BCUT2D eigenvalue weighted by atomic mass is 127. The predicted octanol–water partition coefficient (Wildman–Crippen LogP) is 1.98. The first-order valence-corrected chi connectivity index (χ1v) is 10.6. The summed E-state index contributed by atoms with van der Waals surface area (Å²) >= 11 is 0. The van der Waals surface area contributed by atoms with Crippen LogP contribution in [0.25, 0.3) is 0 Å². The molecule has 3 aliphatic rings. The van der Waals surface area contributed by atoms with Gasteiger partial charge in [0.15, 0.2) is 5.96 Å². The zero-order valence-corrected chi connectivity index (χ0v) is 20.8. The second-order valence-electron chi connectivity index (χ2n) is 9.24. The normalized spacial score (nSPS) is 27.8. The van der Waals surface area contributed by atoms with Crippen LogP contribution in [0.3, 0.4) is 0 Å². The van der Waals surface area contributed by atoms with E-state index in [2.05, 4.69) is 34.0 Å². The number of carbonyl (C=O) groups is 1. The molecule has 2 fully saturated rings. The van der Waals surface area contributed by atoms with Gasteiger partial charge in [-0.3, -0.25) is 9.89 Å². The highest BCUT2D eigenvalue weighted by Gasteiger charge is 2.36. The van der Waals surface area contributed by atoms with Crippen molar-refractivity contribution in [1.29, 1.82) is 0 Å². The molecule has 0 bridgehead atoms. The van der Waals surface area contributed by atoms with Gasteiger partial charge in [-0.05, 0) is 41.0 Å². The maximum Gasteiger partial charge on any atom is 0.410 e. The van der Waals surface area contributed by atoms with E-state index in [-0.39, 0.29) is 36.1 Å². The maximum absolute atomic E-state index is 12.3. The minimum Gasteiger partial charge on any atom is -0.444 e. The molecule has 29 heavy (non-hydrogen) atoms. The molecule has 0 saturated carbocycles. The molecule has 3 rings (SSSR count). The van der Waals surface area contributed by atoms with Gasteiger partial charge in [-0.15, -0.1) is 24.0 Å². The van der Waals surface area contributed by atoms with E-state index < -0.39 is 5.60 Å². The lowest BCUT2D eigenvalue weighted by atomic mass is 10.2. The lowest BCUT2D eigenvalue weighted by molar-refractivity contribution is -0.0679. The molecule has 3 atom stereocenters. The van der Waals surface area contributed by atoms with E-state index in [1.807, 2.05) is 25.7 Å². The number of rotatable bonds is 4. The largest absolute Gasteiger partial charge is 0.444 e. The smallest absolute Gasteiger partial charge is 0.410 e. The zero-order valence-electron chi connectivity index (χ0n) is 18.5. The molecular formula is C20H38IN5O3. The molecule has 9 heteroatoms. The fourth-order valence-corrected chi connectivity index (χ4v) is 4.19. The number of morpholine rings is 1. The number of amides is 1. The Morgan fingerprint density at radius 3 is 2.55 bits per heavy atom. The summed E-state index contributed by atoms with van der Waals surface area (Å²) in [4.78, 5) is 23.6. The molecule has 2 saturated heterocycles. The molecule has 168 valence electrons. The quantitative estimate of drug-likeness (QED) is 0.449. The van der Waals surface area contributed by atoms with Crippen LogP contribution in [0.5, 0.6) is 0 Å². The Morgan fingerprint density at radius 2 is 1.90 bits per heavy atom. The Morgan fingerprint density at radius 1 is 1.21 bits per heavy atom. The van der Waals surface area contributed by atoms with Crippen molar-refractivity contribution >= 4 is 36.0 Å². The van der Waals surface area contributed by atoms with Crippen LogP contribution in [0.4, 0.5) is 4.79 Å². The number of ether oxygens (including phenoxy) is 2. The monoisotopic (exact) mass is 523 g/mol. The Bertz CT molecular complexity index is 573. The van der Waals surface area contributed by atoms with Crippen molar-refractivity contribution in [3.63, 3.8) is 0 Å². The third-order valence-corrected chi connectivity index (χ3v) is 5.29. The number of nitrogens with zero attached hydrogens (tertiary/aromatic N) is 4. The first-order chi connectivity index (χ1) is 13.2. The van der Waals surface area contributed by atoms with Gasteiger partial charge in [0.1, 0.15) is 5.60 Å². The summed E-state index contributed by atoms with van der Waals surface area (Å²) in [5.74, 6) is 0.984. The van der Waals surface area contributed by atoms with Gasteiger partial charge in [0, 0.05) is 45.8 Å². The molecule has 0 aromatic heterocycles. The number of hydrogen-bond acceptors (Lipinski definition) is 7. The van der Waals surface area contributed by atoms with Crippen molar-refractivity contribution in [2.45, 2.75) is 64.9 Å². The molecule has 0 radical (unpaired) electrons. The molecule has 3 heterocycles. The third kappa shape index (κ3) is 7.13. The van der Waals surface area contributed by atoms with Gasteiger partial charge in [-0.25, -0.2) is 4.79 Å². The molecule has 1 amide bonds. The van der Waals surface area contributed by atoms with Crippen LogP contribution in [0.1, 0.15) is 41.0 Å². The average Bonchev–Trinajstić information content (AvgIpc) is 2.98. The summed E-state index contributed by atoms with van der Waals surface area (Å²) in [7, 11) is 0. The number of nitrogens with one attached hydrogen (secondary N) is 1. The van der Waals surface area contributed by atoms with Crippen LogP contribution in [0.2, 0.25) is 0 Å². The van der Waals surface area contributed by atoms with Crippen LogP contribution in [0.15, 0.2) is 4.99 Å². The van der Waals surface area contributed by atoms with Gasteiger partial charge in [0.2, 0.25) is 0 Å². The van der Waals surface area contributed by atoms with Crippen LogP contribution in [0, 0.1) is 0 Å².